The molecule has 0 aliphatic heterocycles. The molecule has 90 valence electrons. The first kappa shape index (κ1) is 11.3. The Hall–Kier alpha value is -2.17. The zero-order valence-electron chi connectivity index (χ0n) is 10.1. The van der Waals surface area contributed by atoms with Crippen molar-refractivity contribution in [3.05, 3.63) is 30.1 Å². The van der Waals surface area contributed by atoms with Crippen LogP contribution in [0.3, 0.4) is 0 Å². The Kier molecular flexibility index (Phi) is 2.91. The number of anilines is 1. The van der Waals surface area contributed by atoms with Crippen LogP contribution in [0.1, 0.15) is 5.69 Å². The lowest BCUT2D eigenvalue weighted by molar-refractivity contribution is 0.400. The minimum Gasteiger partial charge on any atom is -0.497 e. The van der Waals surface area contributed by atoms with Crippen molar-refractivity contribution in [1.82, 2.24) is 9.78 Å². The molecule has 0 atom stereocenters. The number of rotatable bonds is 3. The van der Waals surface area contributed by atoms with Crippen molar-refractivity contribution >= 4 is 5.69 Å². The van der Waals surface area contributed by atoms with Crippen molar-refractivity contribution in [2.45, 2.75) is 6.92 Å². The molecule has 0 radical (unpaired) electrons. The van der Waals surface area contributed by atoms with Gasteiger partial charge in [-0.25, -0.2) is 4.68 Å². The normalized spacial score (nSPS) is 10.3. The Morgan fingerprint density at radius 2 is 2.00 bits per heavy atom. The Labute approximate surface area is 99.8 Å². The first-order valence-electron chi connectivity index (χ1n) is 5.20. The average molecular weight is 233 g/mol. The van der Waals surface area contributed by atoms with Gasteiger partial charge in [0.2, 0.25) is 0 Å². The lowest BCUT2D eigenvalue weighted by Gasteiger charge is -2.11. The number of nitrogens with zero attached hydrogens (tertiary/aromatic N) is 2. The van der Waals surface area contributed by atoms with Gasteiger partial charge in [0.1, 0.15) is 17.2 Å². The van der Waals surface area contributed by atoms with Gasteiger partial charge in [0.15, 0.2) is 0 Å². The number of hydrogen-bond acceptors (Lipinski definition) is 4. The number of nitrogens with two attached hydrogens (primary N) is 1. The number of hydrogen-bond donors (Lipinski definition) is 1. The van der Waals surface area contributed by atoms with Crippen LogP contribution in [0.4, 0.5) is 5.69 Å². The average Bonchev–Trinajstić information content (AvgIpc) is 2.69. The van der Waals surface area contributed by atoms with Gasteiger partial charge in [0, 0.05) is 6.07 Å². The van der Waals surface area contributed by atoms with Crippen LogP contribution in [-0.2, 0) is 0 Å². The molecule has 2 aromatic rings. The molecule has 0 amide bonds. The molecular formula is C12H15N3O2. The van der Waals surface area contributed by atoms with Gasteiger partial charge in [-0.2, -0.15) is 5.10 Å². The van der Waals surface area contributed by atoms with E-state index in [4.69, 9.17) is 15.2 Å². The first-order chi connectivity index (χ1) is 8.17. The Balaban J connectivity index is 2.60. The lowest BCUT2D eigenvalue weighted by atomic mass is 10.2. The van der Waals surface area contributed by atoms with Crippen molar-refractivity contribution in [1.29, 1.82) is 0 Å². The van der Waals surface area contributed by atoms with Gasteiger partial charge in [-0.1, -0.05) is 0 Å². The number of ether oxygens (including phenoxy) is 2. The summed E-state index contributed by atoms with van der Waals surface area (Å²) >= 11 is 0. The Morgan fingerprint density at radius 1 is 1.24 bits per heavy atom. The largest absolute Gasteiger partial charge is 0.497 e. The Morgan fingerprint density at radius 3 is 2.53 bits per heavy atom. The molecule has 0 aliphatic carbocycles. The Bertz CT molecular complexity index is 535. The second-order valence-corrected chi connectivity index (χ2v) is 3.63. The summed E-state index contributed by atoms with van der Waals surface area (Å²) in [6.45, 7) is 1.90. The maximum atomic E-state index is 5.78. The number of nitrogen functional groups attached to an aromatic ring is 1. The van der Waals surface area contributed by atoms with Gasteiger partial charge < -0.3 is 15.2 Å². The molecule has 5 heteroatoms. The van der Waals surface area contributed by atoms with Gasteiger partial charge in [0.05, 0.1) is 31.8 Å². The first-order valence-corrected chi connectivity index (χ1v) is 5.20. The van der Waals surface area contributed by atoms with E-state index >= 15 is 0 Å². The lowest BCUT2D eigenvalue weighted by Crippen LogP contribution is -2.02. The van der Waals surface area contributed by atoms with Crippen LogP contribution in [0, 0.1) is 6.92 Å². The van der Waals surface area contributed by atoms with E-state index in [1.54, 1.807) is 25.1 Å². The summed E-state index contributed by atoms with van der Waals surface area (Å²) in [5.74, 6) is 1.46. The third-order valence-electron chi connectivity index (χ3n) is 2.66. The number of aromatic nitrogens is 2. The van der Waals surface area contributed by atoms with Crippen LogP contribution in [0.2, 0.25) is 0 Å². The SMILES string of the molecule is COc1ccc(OC)c(-n2ncc(N)c2C)c1. The summed E-state index contributed by atoms with van der Waals surface area (Å²) in [7, 11) is 3.24. The van der Waals surface area contributed by atoms with E-state index in [-0.39, 0.29) is 0 Å². The summed E-state index contributed by atoms with van der Waals surface area (Å²) < 4.78 is 12.2. The molecule has 0 spiro atoms. The molecule has 2 rings (SSSR count). The molecular weight excluding hydrogens is 218 g/mol. The zero-order chi connectivity index (χ0) is 12.4. The van der Waals surface area contributed by atoms with Crippen LogP contribution < -0.4 is 15.2 Å². The third kappa shape index (κ3) is 1.91. The van der Waals surface area contributed by atoms with E-state index in [1.165, 1.54) is 0 Å². The molecule has 0 unspecified atom stereocenters. The van der Waals surface area contributed by atoms with Crippen molar-refractivity contribution in [2.24, 2.45) is 0 Å². The fraction of sp³-hybridized carbons (Fsp3) is 0.250. The maximum Gasteiger partial charge on any atom is 0.144 e. The number of methoxy groups -OCH3 is 2. The fourth-order valence-electron chi connectivity index (χ4n) is 1.63. The molecule has 5 nitrogen and oxygen atoms in total. The molecule has 0 saturated heterocycles. The summed E-state index contributed by atoms with van der Waals surface area (Å²) in [5, 5.41) is 4.23. The summed E-state index contributed by atoms with van der Waals surface area (Å²) in [5.41, 5.74) is 8.11. The molecule has 2 N–H and O–H groups in total. The van der Waals surface area contributed by atoms with Crippen LogP contribution in [0.5, 0.6) is 11.5 Å². The molecule has 1 aromatic heterocycles. The van der Waals surface area contributed by atoms with Crippen LogP contribution >= 0.6 is 0 Å². The van der Waals surface area contributed by atoms with Crippen molar-refractivity contribution in [3.63, 3.8) is 0 Å². The van der Waals surface area contributed by atoms with E-state index in [2.05, 4.69) is 5.10 Å². The fourth-order valence-corrected chi connectivity index (χ4v) is 1.63. The predicted molar refractivity (Wildman–Crippen MR) is 65.8 cm³/mol. The molecule has 1 aromatic carbocycles. The molecule has 0 fully saturated rings. The quantitative estimate of drug-likeness (QED) is 0.877. The summed E-state index contributed by atoms with van der Waals surface area (Å²) in [6.07, 6.45) is 1.62. The smallest absolute Gasteiger partial charge is 0.144 e. The molecule has 17 heavy (non-hydrogen) atoms. The minimum absolute atomic E-state index is 0.648. The highest BCUT2D eigenvalue weighted by atomic mass is 16.5. The van der Waals surface area contributed by atoms with E-state index in [1.807, 2.05) is 25.1 Å². The van der Waals surface area contributed by atoms with Crippen molar-refractivity contribution in [2.75, 3.05) is 20.0 Å². The zero-order valence-corrected chi connectivity index (χ0v) is 10.1. The van der Waals surface area contributed by atoms with Crippen LogP contribution in [0.15, 0.2) is 24.4 Å². The highest BCUT2D eigenvalue weighted by Gasteiger charge is 2.11. The standard InChI is InChI=1S/C12H15N3O2/c1-8-10(13)7-14-15(8)11-6-9(16-2)4-5-12(11)17-3/h4-7H,13H2,1-3H3. The van der Waals surface area contributed by atoms with Gasteiger partial charge in [-0.3, -0.25) is 0 Å². The van der Waals surface area contributed by atoms with E-state index in [9.17, 15) is 0 Å². The van der Waals surface area contributed by atoms with Gasteiger partial charge in [-0.05, 0) is 19.1 Å². The molecule has 0 aliphatic rings. The van der Waals surface area contributed by atoms with Gasteiger partial charge >= 0.3 is 0 Å². The highest BCUT2D eigenvalue weighted by Crippen LogP contribution is 2.28. The third-order valence-corrected chi connectivity index (χ3v) is 2.66. The summed E-state index contributed by atoms with van der Waals surface area (Å²) in [4.78, 5) is 0. The van der Waals surface area contributed by atoms with Crippen LogP contribution in [0.25, 0.3) is 5.69 Å². The molecule has 1 heterocycles. The summed E-state index contributed by atoms with van der Waals surface area (Å²) in [6, 6.07) is 5.54. The minimum atomic E-state index is 0.648. The van der Waals surface area contributed by atoms with Crippen molar-refractivity contribution in [3.8, 4) is 17.2 Å². The van der Waals surface area contributed by atoms with E-state index < -0.39 is 0 Å². The predicted octanol–water partition coefficient (Wildman–Crippen LogP) is 1.78. The topological polar surface area (TPSA) is 62.3 Å². The second-order valence-electron chi connectivity index (χ2n) is 3.63. The van der Waals surface area contributed by atoms with E-state index in [0.717, 1.165) is 22.9 Å². The highest BCUT2D eigenvalue weighted by molar-refractivity contribution is 5.54. The molecule has 0 bridgehead atoms. The van der Waals surface area contributed by atoms with Crippen molar-refractivity contribution < 1.29 is 9.47 Å². The van der Waals surface area contributed by atoms with E-state index in [0.29, 0.717) is 5.69 Å². The van der Waals surface area contributed by atoms with Gasteiger partial charge in [0.25, 0.3) is 0 Å². The van der Waals surface area contributed by atoms with Crippen LogP contribution in [-0.4, -0.2) is 24.0 Å². The second kappa shape index (κ2) is 4.37. The monoisotopic (exact) mass is 233 g/mol. The maximum absolute atomic E-state index is 5.78. The van der Waals surface area contributed by atoms with Gasteiger partial charge in [-0.15, -0.1) is 0 Å². The molecule has 0 saturated carbocycles. The number of benzene rings is 1.